The van der Waals surface area contributed by atoms with Crippen LogP contribution in [0.5, 0.6) is 0 Å². The first-order valence-electron chi connectivity index (χ1n) is 5.04. The average Bonchev–Trinajstić information content (AvgIpc) is 2.88. The maximum atomic E-state index is 11.7. The molecule has 1 aliphatic carbocycles. The van der Waals surface area contributed by atoms with Crippen molar-refractivity contribution in [3.63, 3.8) is 0 Å². The number of aliphatic hydroxyl groups is 1. The number of rotatable bonds is 3. The number of aliphatic hydroxyl groups excluding tert-OH is 1. The first-order valence-corrected chi connectivity index (χ1v) is 5.04. The third kappa shape index (κ3) is 1.99. The van der Waals surface area contributed by atoms with Crippen molar-refractivity contribution in [2.45, 2.75) is 31.2 Å². The van der Waals surface area contributed by atoms with Crippen molar-refractivity contribution < 1.29 is 9.90 Å². The highest BCUT2D eigenvalue weighted by atomic mass is 16.3. The first-order chi connectivity index (χ1) is 7.26. The maximum Gasteiger partial charge on any atom is 0.289 e. The van der Waals surface area contributed by atoms with Crippen LogP contribution in [0.4, 0.5) is 0 Å². The normalized spacial score (nSPS) is 19.0. The van der Waals surface area contributed by atoms with Gasteiger partial charge >= 0.3 is 0 Å². The molecule has 1 saturated carbocycles. The number of nitrogens with one attached hydrogen (secondary N) is 2. The Kier molecular flexibility index (Phi) is 2.68. The van der Waals surface area contributed by atoms with Crippen LogP contribution in [0.25, 0.3) is 0 Å². The molecular weight excluding hydrogens is 196 g/mol. The lowest BCUT2D eigenvalue weighted by atomic mass is 9.99. The Balaban J connectivity index is 2.04. The van der Waals surface area contributed by atoms with Crippen molar-refractivity contribution in [1.29, 1.82) is 0 Å². The zero-order chi connectivity index (χ0) is 10.7. The fourth-order valence-corrected chi connectivity index (χ4v) is 1.99. The number of carbonyl (C=O) groups is 1. The summed E-state index contributed by atoms with van der Waals surface area (Å²) in [5.74, 6) is -0.113. The molecule has 0 unspecified atom stereocenters. The van der Waals surface area contributed by atoms with Gasteiger partial charge in [0, 0.05) is 0 Å². The van der Waals surface area contributed by atoms with Crippen LogP contribution >= 0.6 is 0 Å². The number of aromatic nitrogens is 3. The van der Waals surface area contributed by atoms with Gasteiger partial charge in [-0.05, 0) is 12.8 Å². The van der Waals surface area contributed by atoms with Gasteiger partial charge in [-0.25, -0.2) is 4.98 Å². The second kappa shape index (κ2) is 3.98. The van der Waals surface area contributed by atoms with Crippen LogP contribution in [0.15, 0.2) is 6.33 Å². The van der Waals surface area contributed by atoms with E-state index in [0.29, 0.717) is 0 Å². The molecule has 82 valence electrons. The Morgan fingerprint density at radius 2 is 2.33 bits per heavy atom. The van der Waals surface area contributed by atoms with E-state index in [4.69, 9.17) is 0 Å². The summed E-state index contributed by atoms with van der Waals surface area (Å²) in [5, 5.41) is 18.2. The lowest BCUT2D eigenvalue weighted by molar-refractivity contribution is 0.0828. The predicted octanol–water partition coefficient (Wildman–Crippen LogP) is -0.160. The highest BCUT2D eigenvalue weighted by Crippen LogP contribution is 2.29. The fourth-order valence-electron chi connectivity index (χ4n) is 1.99. The van der Waals surface area contributed by atoms with Gasteiger partial charge in [-0.1, -0.05) is 12.8 Å². The molecule has 6 nitrogen and oxygen atoms in total. The quantitative estimate of drug-likeness (QED) is 0.646. The van der Waals surface area contributed by atoms with E-state index in [0.717, 1.165) is 25.7 Å². The number of amides is 1. The minimum atomic E-state index is -0.454. The van der Waals surface area contributed by atoms with E-state index in [9.17, 15) is 9.90 Å². The van der Waals surface area contributed by atoms with Crippen molar-refractivity contribution in [2.24, 2.45) is 0 Å². The van der Waals surface area contributed by atoms with Gasteiger partial charge in [0.1, 0.15) is 6.33 Å². The Bertz CT molecular complexity index is 330. The second-order valence-electron chi connectivity index (χ2n) is 3.93. The topological polar surface area (TPSA) is 90.9 Å². The van der Waals surface area contributed by atoms with E-state index in [1.165, 1.54) is 6.33 Å². The molecule has 0 bridgehead atoms. The number of hydrogen-bond donors (Lipinski definition) is 3. The van der Waals surface area contributed by atoms with E-state index in [1.54, 1.807) is 0 Å². The lowest BCUT2D eigenvalue weighted by Gasteiger charge is -2.27. The number of aromatic amines is 1. The van der Waals surface area contributed by atoms with E-state index >= 15 is 0 Å². The van der Waals surface area contributed by atoms with Crippen LogP contribution in [0, 0.1) is 0 Å². The Morgan fingerprint density at radius 3 is 2.87 bits per heavy atom. The van der Waals surface area contributed by atoms with Crippen LogP contribution in [0.3, 0.4) is 0 Å². The fraction of sp³-hybridized carbons (Fsp3) is 0.667. The molecule has 1 fully saturated rings. The van der Waals surface area contributed by atoms with E-state index in [2.05, 4.69) is 20.5 Å². The Hall–Kier alpha value is -1.43. The Morgan fingerprint density at radius 1 is 1.60 bits per heavy atom. The smallest absolute Gasteiger partial charge is 0.289 e. The molecule has 1 aromatic heterocycles. The molecule has 1 heterocycles. The van der Waals surface area contributed by atoms with Crippen LogP contribution < -0.4 is 5.32 Å². The summed E-state index contributed by atoms with van der Waals surface area (Å²) in [6.45, 7) is -0.0210. The standard InChI is InChI=1S/C9H14N4O2/c14-5-9(3-1-2-4-9)12-8(15)7-10-6-11-13-7/h6,14H,1-5H2,(H,12,15)(H,10,11,13). The molecule has 15 heavy (non-hydrogen) atoms. The van der Waals surface area contributed by atoms with Gasteiger partial charge in [-0.15, -0.1) is 0 Å². The van der Waals surface area contributed by atoms with Gasteiger partial charge in [0.2, 0.25) is 5.82 Å². The van der Waals surface area contributed by atoms with E-state index in [-0.39, 0.29) is 18.3 Å². The third-order valence-corrected chi connectivity index (χ3v) is 2.87. The summed E-state index contributed by atoms with van der Waals surface area (Å²) < 4.78 is 0. The van der Waals surface area contributed by atoms with Crippen molar-refractivity contribution in [2.75, 3.05) is 6.61 Å². The van der Waals surface area contributed by atoms with Crippen LogP contribution in [-0.2, 0) is 0 Å². The number of nitrogens with zero attached hydrogens (tertiary/aromatic N) is 2. The summed E-state index contributed by atoms with van der Waals surface area (Å²) in [4.78, 5) is 15.4. The maximum absolute atomic E-state index is 11.7. The molecule has 0 saturated heterocycles. The third-order valence-electron chi connectivity index (χ3n) is 2.87. The summed E-state index contributed by atoms with van der Waals surface area (Å²) in [6.07, 6.45) is 5.01. The van der Waals surface area contributed by atoms with Gasteiger partial charge in [-0.2, -0.15) is 5.10 Å². The molecule has 2 rings (SSSR count). The minimum absolute atomic E-state index is 0.0210. The van der Waals surface area contributed by atoms with Gasteiger partial charge in [-0.3, -0.25) is 9.89 Å². The summed E-state index contributed by atoms with van der Waals surface area (Å²) >= 11 is 0. The van der Waals surface area contributed by atoms with Crippen LogP contribution in [-0.4, -0.2) is 38.3 Å². The second-order valence-corrected chi connectivity index (χ2v) is 3.93. The highest BCUT2D eigenvalue weighted by Gasteiger charge is 2.35. The molecule has 0 atom stereocenters. The van der Waals surface area contributed by atoms with Crippen molar-refractivity contribution in [3.05, 3.63) is 12.2 Å². The predicted molar refractivity (Wildman–Crippen MR) is 52.1 cm³/mol. The summed E-state index contributed by atoms with van der Waals surface area (Å²) in [6, 6.07) is 0. The van der Waals surface area contributed by atoms with Crippen molar-refractivity contribution in [3.8, 4) is 0 Å². The summed E-state index contributed by atoms with van der Waals surface area (Å²) in [7, 11) is 0. The number of hydrogen-bond acceptors (Lipinski definition) is 4. The number of H-pyrrole nitrogens is 1. The SMILES string of the molecule is O=C(NC1(CO)CCCC1)c1ncn[nH]1. The molecule has 0 aliphatic heterocycles. The molecule has 1 aliphatic rings. The monoisotopic (exact) mass is 210 g/mol. The molecular formula is C9H14N4O2. The van der Waals surface area contributed by atoms with Gasteiger partial charge < -0.3 is 10.4 Å². The first kappa shape index (κ1) is 10.1. The molecule has 0 aromatic carbocycles. The summed E-state index contributed by atoms with van der Waals surface area (Å²) in [5.41, 5.74) is -0.454. The van der Waals surface area contributed by atoms with Gasteiger partial charge in [0.25, 0.3) is 5.91 Å². The molecule has 3 N–H and O–H groups in total. The largest absolute Gasteiger partial charge is 0.394 e. The number of carbonyl (C=O) groups excluding carboxylic acids is 1. The zero-order valence-corrected chi connectivity index (χ0v) is 8.36. The molecule has 6 heteroatoms. The molecule has 1 aromatic rings. The highest BCUT2D eigenvalue weighted by molar-refractivity contribution is 5.90. The zero-order valence-electron chi connectivity index (χ0n) is 8.36. The van der Waals surface area contributed by atoms with E-state index < -0.39 is 5.54 Å². The van der Waals surface area contributed by atoms with Crippen molar-refractivity contribution in [1.82, 2.24) is 20.5 Å². The molecule has 0 spiro atoms. The lowest BCUT2D eigenvalue weighted by Crippen LogP contribution is -2.49. The molecule has 1 amide bonds. The van der Waals surface area contributed by atoms with E-state index in [1.807, 2.05) is 0 Å². The van der Waals surface area contributed by atoms with Crippen LogP contribution in [0.2, 0.25) is 0 Å². The van der Waals surface area contributed by atoms with Crippen LogP contribution in [0.1, 0.15) is 36.3 Å². The molecule has 0 radical (unpaired) electrons. The Labute approximate surface area is 87.1 Å². The average molecular weight is 210 g/mol. The van der Waals surface area contributed by atoms with Gasteiger partial charge in [0.15, 0.2) is 0 Å². The van der Waals surface area contributed by atoms with Crippen molar-refractivity contribution >= 4 is 5.91 Å². The van der Waals surface area contributed by atoms with Gasteiger partial charge in [0.05, 0.1) is 12.1 Å². The minimum Gasteiger partial charge on any atom is -0.394 e.